The predicted molar refractivity (Wildman–Crippen MR) is 347 cm³/mol. The zero-order valence-electron chi connectivity index (χ0n) is 52.4. The summed E-state index contributed by atoms with van der Waals surface area (Å²) in [5, 5.41) is 2.21. The molecule has 0 fully saturated rings. The molecule has 2 aliphatic heterocycles. The van der Waals surface area contributed by atoms with Crippen molar-refractivity contribution in [3.63, 3.8) is 0 Å². The van der Waals surface area contributed by atoms with Gasteiger partial charge >= 0.3 is 54.6 Å². The Morgan fingerprint density at radius 3 is 1.71 bits per heavy atom. The molecule has 4 nitrogen and oxygen atoms in total. The molecule has 410 valence electrons. The van der Waals surface area contributed by atoms with Crippen molar-refractivity contribution in [2.45, 2.75) is 131 Å². The maximum absolute atomic E-state index is 6.62. The minimum atomic E-state index is -0.282. The Morgan fingerprint density at radius 2 is 1.10 bits per heavy atom. The van der Waals surface area contributed by atoms with E-state index in [1.165, 1.54) is 44.2 Å². The van der Waals surface area contributed by atoms with Crippen molar-refractivity contribution < 1.29 is 86.3 Å². The fraction of sp³-hybridized carbons (Fsp3) is 0.263. The van der Waals surface area contributed by atoms with Gasteiger partial charge in [-0.05, 0) is 80.3 Å². The van der Waals surface area contributed by atoms with Crippen LogP contribution in [0.5, 0.6) is 0 Å². The van der Waals surface area contributed by atoms with Crippen LogP contribution in [0.3, 0.4) is 0 Å². The summed E-state index contributed by atoms with van der Waals surface area (Å²) >= 11 is 0. The summed E-state index contributed by atoms with van der Waals surface area (Å²) in [6.07, 6.45) is 0. The van der Waals surface area contributed by atoms with Gasteiger partial charge in [0.05, 0.1) is 0 Å². The first kappa shape index (κ1) is 63.3. The number of benzene rings is 9. The average molecular weight is 1390 g/mol. The monoisotopic (exact) mass is 1400 g/mol. The van der Waals surface area contributed by atoms with Crippen molar-refractivity contribution in [1.82, 2.24) is 0 Å². The second kappa shape index (κ2) is 22.8. The van der Waals surface area contributed by atoms with Gasteiger partial charge < -0.3 is 31.2 Å². The summed E-state index contributed by atoms with van der Waals surface area (Å²) in [5.74, 6) is 0. The quantitative estimate of drug-likeness (QED) is 0.122. The fourth-order valence-corrected chi connectivity index (χ4v) is 12.3. The van der Waals surface area contributed by atoms with Crippen LogP contribution in [-0.2, 0) is 109 Å². The van der Waals surface area contributed by atoms with E-state index in [1.54, 1.807) is 0 Å². The van der Waals surface area contributed by atoms with E-state index >= 15 is 0 Å². The molecular weight excluding hydrogens is 1320 g/mol. The first-order chi connectivity index (χ1) is 38.2. The summed E-state index contributed by atoms with van der Waals surface area (Å²) in [5.41, 5.74) is 24.3. The van der Waals surface area contributed by atoms with Gasteiger partial charge in [0.2, 0.25) is 6.71 Å². The van der Waals surface area contributed by atoms with Crippen LogP contribution in [0.25, 0.3) is 33.1 Å². The van der Waals surface area contributed by atoms with Crippen LogP contribution in [0.1, 0.15) is 143 Å². The Morgan fingerprint density at radius 1 is 0.488 bits per heavy atom. The molecule has 0 atom stereocenters. The Labute approximate surface area is 562 Å². The van der Waals surface area contributed by atoms with Crippen LogP contribution < -0.4 is 31.1 Å². The molecule has 10 aromatic rings. The molecule has 12 rings (SSSR count). The second-order valence-electron chi connectivity index (χ2n) is 27.9. The van der Waals surface area contributed by atoms with E-state index in [4.69, 9.17) is 18.3 Å². The number of furan rings is 1. The fourth-order valence-electron chi connectivity index (χ4n) is 12.3. The van der Waals surface area contributed by atoms with Crippen LogP contribution in [0.15, 0.2) is 162 Å². The van der Waals surface area contributed by atoms with E-state index in [0.29, 0.717) is 0 Å². The first-order valence-electron chi connectivity index (χ1n) is 28.8. The second-order valence-corrected chi connectivity index (χ2v) is 27.9. The summed E-state index contributed by atoms with van der Waals surface area (Å²) < 4.78 is 6.62. The molecular formula is C76H75BCd3N3O-. The van der Waals surface area contributed by atoms with E-state index in [-0.39, 0.29) is 116 Å². The predicted octanol–water partition coefficient (Wildman–Crippen LogP) is 19.1. The number of rotatable bonds is 6. The van der Waals surface area contributed by atoms with Crippen molar-refractivity contribution in [1.29, 1.82) is 0 Å². The third kappa shape index (κ3) is 11.1. The minimum Gasteiger partial charge on any atom is -0.457 e. The van der Waals surface area contributed by atoms with Gasteiger partial charge in [-0.2, -0.15) is 49.2 Å². The van der Waals surface area contributed by atoms with Crippen LogP contribution in [0.2, 0.25) is 0 Å². The summed E-state index contributed by atoms with van der Waals surface area (Å²) in [4.78, 5) is 7.30. The molecule has 8 heteroatoms. The van der Waals surface area contributed by atoms with Crippen LogP contribution >= 0.6 is 0 Å². The zero-order valence-corrected chi connectivity index (χ0v) is 64.5. The number of hydrogen-bond donors (Lipinski definition) is 0. The molecule has 9 aromatic carbocycles. The first-order valence-corrected chi connectivity index (χ1v) is 28.8. The number of fused-ring (bicyclic) bond motifs is 7. The maximum atomic E-state index is 6.62. The Balaban J connectivity index is 0.00000282. The molecule has 0 radical (unpaired) electrons. The minimum absolute atomic E-state index is 0. The van der Waals surface area contributed by atoms with E-state index in [9.17, 15) is 0 Å². The average Bonchev–Trinajstić information content (AvgIpc) is 2.92. The van der Waals surface area contributed by atoms with Crippen LogP contribution in [0.4, 0.5) is 51.2 Å². The molecule has 1 aromatic heterocycles. The van der Waals surface area contributed by atoms with Gasteiger partial charge in [-0.15, -0.1) is 22.6 Å². The molecule has 0 saturated carbocycles. The van der Waals surface area contributed by atoms with Crippen molar-refractivity contribution in [2.24, 2.45) is 0 Å². The topological polar surface area (TPSA) is 22.9 Å². The summed E-state index contributed by atoms with van der Waals surface area (Å²) in [6.45, 7) is 43.9. The number of nitrogens with zero attached hydrogens (tertiary/aromatic N) is 3. The molecule has 2 aliphatic rings. The zero-order chi connectivity index (χ0) is 57.5. The van der Waals surface area contributed by atoms with E-state index < -0.39 is 0 Å². The molecule has 0 N–H and O–H groups in total. The van der Waals surface area contributed by atoms with E-state index in [1.807, 2.05) is 6.07 Å². The van der Waals surface area contributed by atoms with E-state index in [2.05, 4.69) is 288 Å². The smallest absolute Gasteiger partial charge is 0.457 e. The van der Waals surface area contributed by atoms with Crippen molar-refractivity contribution >= 4 is 96.2 Å². The molecule has 0 unspecified atom stereocenters. The van der Waals surface area contributed by atoms with Crippen LogP contribution in [0, 0.1) is 32.0 Å². The van der Waals surface area contributed by atoms with E-state index in [0.717, 1.165) is 95.4 Å². The van der Waals surface area contributed by atoms with Gasteiger partial charge in [0.25, 0.3) is 0 Å². The molecule has 0 bridgehead atoms. The SMILES string of the molecule is [CH2-]c1cc(C(C)(C)C)ccc1N(c1ccc(C(C)(C)C)cc1)c1ccc2c(c1)N(c1[c-]cc(-c3cccc4c3oc3ccccc34)cc1)c1cc(C(C)(C)C)c([CH2-])c3c1B2c1cc(C(C)(C)C)ccc1N3c1[c-]cc(C(C)(C)C)c[c-]1.[Cd+2].[Cd+2].[Cd]. The Kier molecular flexibility index (Phi) is 17.2. The van der Waals surface area contributed by atoms with Gasteiger partial charge in [0, 0.05) is 66.5 Å². The molecule has 0 amide bonds. The van der Waals surface area contributed by atoms with Gasteiger partial charge in [-0.1, -0.05) is 222 Å². The third-order valence-electron chi connectivity index (χ3n) is 17.0. The number of para-hydroxylation sites is 2. The van der Waals surface area contributed by atoms with Crippen molar-refractivity contribution in [3.05, 3.63) is 229 Å². The third-order valence-corrected chi connectivity index (χ3v) is 17.0. The molecule has 0 spiro atoms. The van der Waals surface area contributed by atoms with Crippen molar-refractivity contribution in [2.75, 3.05) is 14.7 Å². The van der Waals surface area contributed by atoms with Gasteiger partial charge in [0.15, 0.2) is 0 Å². The Bertz CT molecular complexity index is 4110. The molecule has 0 saturated heterocycles. The van der Waals surface area contributed by atoms with Crippen molar-refractivity contribution in [3.8, 4) is 11.1 Å². The number of hydrogen-bond acceptors (Lipinski definition) is 4. The largest absolute Gasteiger partial charge is 2.00 e. The standard InChI is InChI=1S/C76H75BN3O.3Cd/c1-47-43-52(74(9,10)11)31-41-64(47)78(54-35-27-50(28-36-54)72(3,4)5)57-39-40-62-66(45-57)79(55-33-25-49(26-34-55)58-22-20-23-60-59-21-18-19-24-68(59)81-71(58)60)67-46-61(76(15,16)17)48(2)70-69(67)77(62)63-44-53(75(12,13)14)32-42-65(63)80(70)56-37-29-51(30-38-56)73(6,7)8;;;/h18-33,35-36,39-46H,1-2H2,3-17H3;;;/q-5;;2*+2. The van der Waals surface area contributed by atoms with Gasteiger partial charge in [0.1, 0.15) is 11.2 Å². The maximum Gasteiger partial charge on any atom is 2.00 e. The summed E-state index contributed by atoms with van der Waals surface area (Å²) in [7, 11) is 0. The van der Waals surface area contributed by atoms with Crippen LogP contribution in [-0.4, -0.2) is 6.71 Å². The Hall–Kier alpha value is -5.25. The van der Waals surface area contributed by atoms with Gasteiger partial charge in [-0.3, -0.25) is 17.7 Å². The summed E-state index contributed by atoms with van der Waals surface area (Å²) in [6, 6.07) is 69.9. The normalized spacial score (nSPS) is 13.2. The molecule has 3 heterocycles. The molecule has 0 aliphatic carbocycles. The van der Waals surface area contributed by atoms with Gasteiger partial charge in [-0.25, -0.2) is 5.69 Å². The number of anilines is 9. The molecule has 84 heavy (non-hydrogen) atoms.